The van der Waals surface area contributed by atoms with Crippen LogP contribution in [0.4, 0.5) is 14.5 Å². The van der Waals surface area contributed by atoms with Gasteiger partial charge in [-0.25, -0.2) is 0 Å². The molecule has 3 rings (SSSR count). The van der Waals surface area contributed by atoms with E-state index in [-0.39, 0.29) is 23.4 Å². The highest BCUT2D eigenvalue weighted by molar-refractivity contribution is 5.92. The Morgan fingerprint density at radius 1 is 1.39 bits per heavy atom. The zero-order chi connectivity index (χ0) is 16.2. The summed E-state index contributed by atoms with van der Waals surface area (Å²) in [5.74, 6) is -0.186. The van der Waals surface area contributed by atoms with Crippen LogP contribution < -0.4 is 15.0 Å². The summed E-state index contributed by atoms with van der Waals surface area (Å²) in [6.07, 6.45) is 2.03. The Morgan fingerprint density at radius 3 is 2.96 bits per heavy atom. The smallest absolute Gasteiger partial charge is 0.387 e. The first-order valence-electron chi connectivity index (χ1n) is 7.13. The van der Waals surface area contributed by atoms with Gasteiger partial charge in [-0.05, 0) is 18.6 Å². The van der Waals surface area contributed by atoms with Crippen LogP contribution in [0.15, 0.2) is 41.1 Å². The van der Waals surface area contributed by atoms with E-state index < -0.39 is 6.61 Å². The van der Waals surface area contributed by atoms with Crippen molar-refractivity contribution in [1.29, 1.82) is 0 Å². The van der Waals surface area contributed by atoms with Crippen LogP contribution in [0.5, 0.6) is 5.75 Å². The number of nitrogens with zero attached hydrogens (tertiary/aromatic N) is 2. The van der Waals surface area contributed by atoms with Crippen molar-refractivity contribution in [3.05, 3.63) is 42.3 Å². The maximum Gasteiger partial charge on any atom is 0.387 e. The first-order valence-corrected chi connectivity index (χ1v) is 7.13. The predicted molar refractivity (Wildman–Crippen MR) is 77.7 cm³/mol. The number of para-hydroxylation sites is 2. The number of aromatic nitrogens is 1. The fourth-order valence-corrected chi connectivity index (χ4v) is 2.60. The number of amides is 1. The molecule has 0 bridgehead atoms. The summed E-state index contributed by atoms with van der Waals surface area (Å²) in [5, 5.41) is 6.43. The molecule has 1 fully saturated rings. The van der Waals surface area contributed by atoms with Gasteiger partial charge in [0.2, 0.25) is 0 Å². The van der Waals surface area contributed by atoms with E-state index in [1.54, 1.807) is 18.2 Å². The van der Waals surface area contributed by atoms with Gasteiger partial charge in [-0.1, -0.05) is 17.3 Å². The van der Waals surface area contributed by atoms with Gasteiger partial charge in [-0.3, -0.25) is 4.79 Å². The molecule has 122 valence electrons. The third-order valence-electron chi connectivity index (χ3n) is 3.62. The normalized spacial score (nSPS) is 17.5. The van der Waals surface area contributed by atoms with Crippen LogP contribution in [0.3, 0.4) is 0 Å². The fourth-order valence-electron chi connectivity index (χ4n) is 2.60. The van der Waals surface area contributed by atoms with E-state index in [1.165, 1.54) is 18.4 Å². The summed E-state index contributed by atoms with van der Waals surface area (Å²) in [6, 6.07) is 8.01. The summed E-state index contributed by atoms with van der Waals surface area (Å²) in [4.78, 5) is 13.8. The first-order chi connectivity index (χ1) is 11.1. The van der Waals surface area contributed by atoms with Crippen molar-refractivity contribution in [1.82, 2.24) is 10.5 Å². The number of benzene rings is 1. The molecule has 0 spiro atoms. The van der Waals surface area contributed by atoms with Gasteiger partial charge in [0.15, 0.2) is 5.69 Å². The Kier molecular flexibility index (Phi) is 4.40. The Bertz CT molecular complexity index is 664. The summed E-state index contributed by atoms with van der Waals surface area (Å²) >= 11 is 0. The van der Waals surface area contributed by atoms with Crippen molar-refractivity contribution < 1.29 is 22.8 Å². The average Bonchev–Trinajstić information content (AvgIpc) is 3.18. The van der Waals surface area contributed by atoms with Gasteiger partial charge >= 0.3 is 6.61 Å². The van der Waals surface area contributed by atoms with Gasteiger partial charge < -0.3 is 19.5 Å². The summed E-state index contributed by atoms with van der Waals surface area (Å²) in [6.45, 7) is -1.73. The topological polar surface area (TPSA) is 67.6 Å². The van der Waals surface area contributed by atoms with Crippen LogP contribution in [0.25, 0.3) is 0 Å². The maximum absolute atomic E-state index is 12.5. The quantitative estimate of drug-likeness (QED) is 0.914. The molecule has 1 atom stereocenters. The maximum atomic E-state index is 12.5. The molecule has 1 saturated heterocycles. The Morgan fingerprint density at radius 2 is 2.22 bits per heavy atom. The standard InChI is InChI=1S/C15H15F2N3O3/c16-15(17)23-13-4-2-1-3-12(13)20-7-5-10(9-20)18-14(21)11-6-8-22-19-11/h1-4,6,8,10,15H,5,7,9H2,(H,18,21)/t10-/m0/s1. The summed E-state index contributed by atoms with van der Waals surface area (Å²) in [5.41, 5.74) is 0.802. The van der Waals surface area contributed by atoms with E-state index in [0.29, 0.717) is 25.2 Å². The number of carbonyl (C=O) groups excluding carboxylic acids is 1. The summed E-state index contributed by atoms with van der Waals surface area (Å²) in [7, 11) is 0. The van der Waals surface area contributed by atoms with Gasteiger partial charge in [0.1, 0.15) is 12.0 Å². The van der Waals surface area contributed by atoms with Crippen LogP contribution in [-0.4, -0.2) is 36.8 Å². The molecule has 1 aliphatic heterocycles. The monoisotopic (exact) mass is 323 g/mol. The number of carbonyl (C=O) groups is 1. The van der Waals surface area contributed by atoms with Gasteiger partial charge in [-0.15, -0.1) is 0 Å². The molecule has 0 aliphatic carbocycles. The van der Waals surface area contributed by atoms with Crippen LogP contribution in [0.2, 0.25) is 0 Å². The lowest BCUT2D eigenvalue weighted by Crippen LogP contribution is -2.37. The van der Waals surface area contributed by atoms with Crippen molar-refractivity contribution >= 4 is 11.6 Å². The zero-order valence-corrected chi connectivity index (χ0v) is 12.1. The molecule has 0 saturated carbocycles. The first kappa shape index (κ1) is 15.3. The second-order valence-corrected chi connectivity index (χ2v) is 5.14. The van der Waals surface area contributed by atoms with Crippen LogP contribution in [-0.2, 0) is 0 Å². The van der Waals surface area contributed by atoms with E-state index in [0.717, 1.165) is 0 Å². The molecule has 0 radical (unpaired) electrons. The van der Waals surface area contributed by atoms with Crippen LogP contribution >= 0.6 is 0 Å². The van der Waals surface area contributed by atoms with Gasteiger partial charge in [0, 0.05) is 25.2 Å². The fraction of sp³-hybridized carbons (Fsp3) is 0.333. The lowest BCUT2D eigenvalue weighted by molar-refractivity contribution is -0.0495. The second kappa shape index (κ2) is 6.64. The number of rotatable bonds is 5. The minimum atomic E-state index is -2.87. The number of halogens is 2. The highest BCUT2D eigenvalue weighted by Crippen LogP contribution is 2.31. The molecule has 1 aromatic heterocycles. The molecule has 1 amide bonds. The highest BCUT2D eigenvalue weighted by Gasteiger charge is 2.27. The zero-order valence-electron chi connectivity index (χ0n) is 12.1. The van der Waals surface area contributed by atoms with E-state index in [9.17, 15) is 13.6 Å². The minimum absolute atomic E-state index is 0.0983. The van der Waals surface area contributed by atoms with Crippen molar-refractivity contribution in [3.8, 4) is 5.75 Å². The molecular weight excluding hydrogens is 308 g/mol. The van der Waals surface area contributed by atoms with Gasteiger partial charge in [0.05, 0.1) is 5.69 Å². The molecular formula is C15H15F2N3O3. The Hall–Kier alpha value is -2.64. The van der Waals surface area contributed by atoms with Gasteiger partial charge in [0.25, 0.3) is 5.91 Å². The number of hydrogen-bond acceptors (Lipinski definition) is 5. The molecule has 6 nitrogen and oxygen atoms in total. The number of hydrogen-bond donors (Lipinski definition) is 1. The van der Waals surface area contributed by atoms with Crippen LogP contribution in [0, 0.1) is 0 Å². The van der Waals surface area contributed by atoms with Crippen molar-refractivity contribution in [3.63, 3.8) is 0 Å². The van der Waals surface area contributed by atoms with Crippen molar-refractivity contribution in [2.24, 2.45) is 0 Å². The van der Waals surface area contributed by atoms with E-state index in [1.807, 2.05) is 4.90 Å². The largest absolute Gasteiger partial charge is 0.433 e. The highest BCUT2D eigenvalue weighted by atomic mass is 19.3. The molecule has 2 aromatic rings. The molecule has 1 aliphatic rings. The second-order valence-electron chi connectivity index (χ2n) is 5.14. The molecule has 23 heavy (non-hydrogen) atoms. The van der Waals surface area contributed by atoms with E-state index >= 15 is 0 Å². The van der Waals surface area contributed by atoms with E-state index in [2.05, 4.69) is 19.7 Å². The molecule has 1 N–H and O–H groups in total. The lowest BCUT2D eigenvalue weighted by Gasteiger charge is -2.21. The van der Waals surface area contributed by atoms with Crippen LogP contribution in [0.1, 0.15) is 16.9 Å². The number of ether oxygens (including phenoxy) is 1. The minimum Gasteiger partial charge on any atom is -0.433 e. The SMILES string of the molecule is O=C(N[C@H]1CCN(c2ccccc2OC(F)F)C1)c1ccon1. The van der Waals surface area contributed by atoms with Gasteiger partial charge in [-0.2, -0.15) is 8.78 Å². The van der Waals surface area contributed by atoms with Crippen molar-refractivity contribution in [2.75, 3.05) is 18.0 Å². The third-order valence-corrected chi connectivity index (χ3v) is 3.62. The molecule has 2 heterocycles. The Balaban J connectivity index is 1.65. The summed E-state index contributed by atoms with van der Waals surface area (Å²) < 4.78 is 34.1. The Labute approximate surface area is 131 Å². The predicted octanol–water partition coefficient (Wildman–Crippen LogP) is 2.28. The molecule has 0 unspecified atom stereocenters. The molecule has 8 heteroatoms. The lowest BCUT2D eigenvalue weighted by atomic mass is 10.2. The van der Waals surface area contributed by atoms with E-state index in [4.69, 9.17) is 0 Å². The average molecular weight is 323 g/mol. The van der Waals surface area contributed by atoms with Crippen molar-refractivity contribution in [2.45, 2.75) is 19.1 Å². The third kappa shape index (κ3) is 3.58. The number of anilines is 1. The molecule has 1 aromatic carbocycles. The number of alkyl halides is 2. The number of nitrogens with one attached hydrogen (secondary N) is 1.